The maximum Gasteiger partial charge on any atom is 0.0597 e. The Bertz CT molecular complexity index is 228. The molecule has 1 saturated heterocycles. The predicted octanol–water partition coefficient (Wildman–Crippen LogP) is 2.00. The molecule has 1 heterocycles. The Morgan fingerprint density at radius 3 is 2.59 bits per heavy atom. The number of nitrogens with zero attached hydrogens (tertiary/aromatic N) is 1. The Kier molecular flexibility index (Phi) is 4.83. The van der Waals surface area contributed by atoms with Gasteiger partial charge in [0.1, 0.15) is 0 Å². The molecule has 3 heteroatoms. The minimum Gasteiger partial charge on any atom is -0.377 e. The maximum absolute atomic E-state index is 6.10. The Morgan fingerprint density at radius 1 is 1.18 bits per heavy atom. The van der Waals surface area contributed by atoms with Crippen molar-refractivity contribution in [1.82, 2.24) is 4.90 Å². The van der Waals surface area contributed by atoms with Gasteiger partial charge in [-0.05, 0) is 32.1 Å². The zero-order chi connectivity index (χ0) is 12.3. The van der Waals surface area contributed by atoms with Crippen LogP contribution >= 0.6 is 0 Å². The first-order valence-corrected chi connectivity index (χ1v) is 7.29. The lowest BCUT2D eigenvalue weighted by molar-refractivity contribution is 0.0169. The summed E-state index contributed by atoms with van der Waals surface area (Å²) in [6.07, 6.45) is 6.95. The monoisotopic (exact) mass is 240 g/mol. The number of hydrogen-bond acceptors (Lipinski definition) is 3. The Morgan fingerprint density at radius 2 is 1.88 bits per heavy atom. The lowest BCUT2D eigenvalue weighted by Gasteiger charge is -2.41. The van der Waals surface area contributed by atoms with Crippen molar-refractivity contribution in [2.75, 3.05) is 19.7 Å². The molecule has 0 aromatic carbocycles. The fourth-order valence-electron chi connectivity index (χ4n) is 3.18. The third-order valence-corrected chi connectivity index (χ3v) is 4.80. The van der Waals surface area contributed by atoms with Crippen LogP contribution in [0.25, 0.3) is 0 Å². The van der Waals surface area contributed by atoms with Crippen LogP contribution < -0.4 is 5.73 Å². The third kappa shape index (κ3) is 3.43. The Hall–Kier alpha value is -0.120. The highest BCUT2D eigenvalue weighted by Crippen LogP contribution is 2.23. The molecule has 1 saturated carbocycles. The molecule has 1 aliphatic heterocycles. The van der Waals surface area contributed by atoms with E-state index >= 15 is 0 Å². The van der Waals surface area contributed by atoms with Gasteiger partial charge in [-0.2, -0.15) is 0 Å². The van der Waals surface area contributed by atoms with Crippen LogP contribution in [0.3, 0.4) is 0 Å². The SMILES string of the molecule is CC1C(N)CCN(CCOC2CCCC2)C1C. The van der Waals surface area contributed by atoms with E-state index in [1.807, 2.05) is 0 Å². The minimum atomic E-state index is 0.386. The number of piperidine rings is 1. The number of nitrogens with two attached hydrogens (primary N) is 1. The standard InChI is InChI=1S/C14H28N2O/c1-11-12(2)16(8-7-14(11)15)9-10-17-13-5-3-4-6-13/h11-14H,3-10,15H2,1-2H3. The average Bonchev–Trinajstić information content (AvgIpc) is 2.82. The number of rotatable bonds is 4. The van der Waals surface area contributed by atoms with E-state index in [4.69, 9.17) is 10.5 Å². The van der Waals surface area contributed by atoms with Gasteiger partial charge in [0.2, 0.25) is 0 Å². The molecular weight excluding hydrogens is 212 g/mol. The van der Waals surface area contributed by atoms with Gasteiger partial charge in [-0.1, -0.05) is 19.8 Å². The molecule has 3 nitrogen and oxygen atoms in total. The second-order valence-corrected chi connectivity index (χ2v) is 5.87. The summed E-state index contributed by atoms with van der Waals surface area (Å²) in [6, 6.07) is 0.989. The first-order valence-electron chi connectivity index (χ1n) is 7.29. The van der Waals surface area contributed by atoms with Crippen LogP contribution in [0.2, 0.25) is 0 Å². The normalized spacial score (nSPS) is 36.5. The summed E-state index contributed by atoms with van der Waals surface area (Å²) in [6.45, 7) is 7.70. The molecule has 3 atom stereocenters. The van der Waals surface area contributed by atoms with Gasteiger partial charge in [0.15, 0.2) is 0 Å². The highest BCUT2D eigenvalue weighted by Gasteiger charge is 2.29. The number of ether oxygens (including phenoxy) is 1. The zero-order valence-corrected chi connectivity index (χ0v) is 11.4. The lowest BCUT2D eigenvalue weighted by Crippen LogP contribution is -2.52. The average molecular weight is 240 g/mol. The van der Waals surface area contributed by atoms with Crippen molar-refractivity contribution in [3.05, 3.63) is 0 Å². The molecule has 2 N–H and O–H groups in total. The van der Waals surface area contributed by atoms with Crippen molar-refractivity contribution in [3.8, 4) is 0 Å². The summed E-state index contributed by atoms with van der Waals surface area (Å²) in [5.74, 6) is 0.607. The molecule has 2 rings (SSSR count). The van der Waals surface area contributed by atoms with E-state index in [2.05, 4.69) is 18.7 Å². The van der Waals surface area contributed by atoms with Crippen LogP contribution in [-0.2, 0) is 4.74 Å². The van der Waals surface area contributed by atoms with Crippen molar-refractivity contribution in [2.24, 2.45) is 11.7 Å². The molecule has 2 aliphatic rings. The van der Waals surface area contributed by atoms with Gasteiger partial charge in [-0.15, -0.1) is 0 Å². The van der Waals surface area contributed by atoms with Crippen LogP contribution in [0.5, 0.6) is 0 Å². The summed E-state index contributed by atoms with van der Waals surface area (Å²) >= 11 is 0. The highest BCUT2D eigenvalue weighted by molar-refractivity contribution is 4.86. The minimum absolute atomic E-state index is 0.386. The summed E-state index contributed by atoms with van der Waals surface area (Å²) in [5.41, 5.74) is 6.10. The first kappa shape index (κ1) is 13.3. The quantitative estimate of drug-likeness (QED) is 0.817. The van der Waals surface area contributed by atoms with E-state index in [1.165, 1.54) is 25.7 Å². The molecule has 1 aliphatic carbocycles. The van der Waals surface area contributed by atoms with E-state index in [0.29, 0.717) is 24.1 Å². The van der Waals surface area contributed by atoms with Gasteiger partial charge in [0, 0.05) is 25.2 Å². The van der Waals surface area contributed by atoms with Crippen molar-refractivity contribution in [2.45, 2.75) is 64.1 Å². The molecule has 100 valence electrons. The van der Waals surface area contributed by atoms with E-state index in [0.717, 1.165) is 26.1 Å². The highest BCUT2D eigenvalue weighted by atomic mass is 16.5. The van der Waals surface area contributed by atoms with Gasteiger partial charge < -0.3 is 10.5 Å². The van der Waals surface area contributed by atoms with Crippen LogP contribution in [0, 0.1) is 5.92 Å². The molecule has 2 fully saturated rings. The first-order chi connectivity index (χ1) is 8.18. The number of hydrogen-bond donors (Lipinski definition) is 1. The zero-order valence-electron chi connectivity index (χ0n) is 11.4. The molecule has 17 heavy (non-hydrogen) atoms. The second-order valence-electron chi connectivity index (χ2n) is 5.87. The maximum atomic E-state index is 6.10. The van der Waals surface area contributed by atoms with Crippen LogP contribution in [0.1, 0.15) is 46.0 Å². The molecule has 0 aromatic rings. The summed E-state index contributed by atoms with van der Waals surface area (Å²) in [7, 11) is 0. The molecule has 0 aromatic heterocycles. The molecule has 0 bridgehead atoms. The smallest absolute Gasteiger partial charge is 0.0597 e. The van der Waals surface area contributed by atoms with Crippen molar-refractivity contribution in [3.63, 3.8) is 0 Å². The molecule has 0 amide bonds. The predicted molar refractivity (Wildman–Crippen MR) is 71.0 cm³/mol. The molecule has 3 unspecified atom stereocenters. The van der Waals surface area contributed by atoms with Gasteiger partial charge in [0.05, 0.1) is 12.7 Å². The molecule has 0 radical (unpaired) electrons. The largest absolute Gasteiger partial charge is 0.377 e. The number of likely N-dealkylation sites (tertiary alicyclic amines) is 1. The van der Waals surface area contributed by atoms with E-state index in [9.17, 15) is 0 Å². The molecule has 0 spiro atoms. The van der Waals surface area contributed by atoms with Crippen LogP contribution in [-0.4, -0.2) is 42.8 Å². The Balaban J connectivity index is 1.67. The van der Waals surface area contributed by atoms with Gasteiger partial charge in [0.25, 0.3) is 0 Å². The van der Waals surface area contributed by atoms with Crippen molar-refractivity contribution < 1.29 is 4.74 Å². The van der Waals surface area contributed by atoms with Crippen molar-refractivity contribution in [1.29, 1.82) is 0 Å². The van der Waals surface area contributed by atoms with E-state index < -0.39 is 0 Å². The van der Waals surface area contributed by atoms with Crippen LogP contribution in [0.4, 0.5) is 0 Å². The lowest BCUT2D eigenvalue weighted by atomic mass is 9.88. The molecular formula is C14H28N2O. The summed E-state index contributed by atoms with van der Waals surface area (Å²) in [5, 5.41) is 0. The summed E-state index contributed by atoms with van der Waals surface area (Å²) in [4.78, 5) is 2.54. The summed E-state index contributed by atoms with van der Waals surface area (Å²) < 4.78 is 5.94. The van der Waals surface area contributed by atoms with E-state index in [-0.39, 0.29) is 0 Å². The fraction of sp³-hybridized carbons (Fsp3) is 1.00. The van der Waals surface area contributed by atoms with Crippen molar-refractivity contribution >= 4 is 0 Å². The van der Waals surface area contributed by atoms with Gasteiger partial charge >= 0.3 is 0 Å². The van der Waals surface area contributed by atoms with Crippen LogP contribution in [0.15, 0.2) is 0 Å². The topological polar surface area (TPSA) is 38.5 Å². The van der Waals surface area contributed by atoms with E-state index in [1.54, 1.807) is 0 Å². The second kappa shape index (κ2) is 6.17. The Labute approximate surface area is 106 Å². The van der Waals surface area contributed by atoms with Gasteiger partial charge in [-0.3, -0.25) is 4.90 Å². The van der Waals surface area contributed by atoms with Gasteiger partial charge in [-0.25, -0.2) is 0 Å². The fourth-order valence-corrected chi connectivity index (χ4v) is 3.18. The third-order valence-electron chi connectivity index (χ3n) is 4.80.